The van der Waals surface area contributed by atoms with Gasteiger partial charge in [0.15, 0.2) is 5.82 Å². The molecule has 1 aromatic carbocycles. The highest BCUT2D eigenvalue weighted by Crippen LogP contribution is 2.27. The van der Waals surface area contributed by atoms with Crippen LogP contribution in [-0.2, 0) is 6.42 Å². The Morgan fingerprint density at radius 3 is 2.42 bits per heavy atom. The third-order valence-corrected chi connectivity index (χ3v) is 3.84. The molecule has 0 atom stereocenters. The zero-order chi connectivity index (χ0) is 16.4. The molecule has 4 aromatic rings. The van der Waals surface area contributed by atoms with Gasteiger partial charge in [-0.1, -0.05) is 12.1 Å². The molecular weight excluding hydrogens is 298 g/mol. The maximum atomic E-state index is 6.19. The lowest BCUT2D eigenvalue weighted by Crippen LogP contribution is -2.02. The lowest BCUT2D eigenvalue weighted by atomic mass is 10.1. The fourth-order valence-electron chi connectivity index (χ4n) is 2.74. The summed E-state index contributed by atoms with van der Waals surface area (Å²) in [6.45, 7) is 0. The van der Waals surface area contributed by atoms with E-state index >= 15 is 0 Å². The van der Waals surface area contributed by atoms with Crippen molar-refractivity contribution in [3.8, 4) is 11.4 Å². The fourth-order valence-corrected chi connectivity index (χ4v) is 2.74. The van der Waals surface area contributed by atoms with Crippen LogP contribution in [0.5, 0.6) is 0 Å². The molecule has 24 heavy (non-hydrogen) atoms. The summed E-state index contributed by atoms with van der Waals surface area (Å²) < 4.78 is 0. The van der Waals surface area contributed by atoms with Crippen LogP contribution in [0, 0.1) is 0 Å². The number of nitrogens with two attached hydrogens (primary N) is 1. The van der Waals surface area contributed by atoms with Crippen molar-refractivity contribution >= 4 is 16.6 Å². The summed E-state index contributed by atoms with van der Waals surface area (Å²) in [5.74, 6) is 0.653. The number of rotatable bonds is 3. The van der Waals surface area contributed by atoms with Crippen molar-refractivity contribution < 1.29 is 0 Å². The van der Waals surface area contributed by atoms with Gasteiger partial charge in [0, 0.05) is 47.8 Å². The molecule has 0 saturated heterocycles. The molecule has 2 N–H and O–H groups in total. The van der Waals surface area contributed by atoms with Gasteiger partial charge >= 0.3 is 0 Å². The molecule has 116 valence electrons. The molecule has 0 aliphatic carbocycles. The number of hydrogen-bond donors (Lipinski definition) is 1. The molecule has 0 spiro atoms. The van der Waals surface area contributed by atoms with Gasteiger partial charge < -0.3 is 5.73 Å². The first-order chi connectivity index (χ1) is 11.8. The van der Waals surface area contributed by atoms with Gasteiger partial charge in [0.2, 0.25) is 0 Å². The van der Waals surface area contributed by atoms with Gasteiger partial charge in [-0.25, -0.2) is 9.97 Å². The number of fused-ring (bicyclic) bond motifs is 1. The highest BCUT2D eigenvalue weighted by Gasteiger charge is 2.12. The van der Waals surface area contributed by atoms with Crippen molar-refractivity contribution in [3.05, 3.63) is 78.5 Å². The Morgan fingerprint density at radius 2 is 1.67 bits per heavy atom. The molecule has 0 aliphatic heterocycles. The van der Waals surface area contributed by atoms with Crippen LogP contribution >= 0.6 is 0 Å². The number of aromatic nitrogens is 4. The Bertz CT molecular complexity index is 984. The molecule has 3 heterocycles. The summed E-state index contributed by atoms with van der Waals surface area (Å²) in [6.07, 6.45) is 7.75. The van der Waals surface area contributed by atoms with Gasteiger partial charge in [0.05, 0.1) is 11.2 Å². The van der Waals surface area contributed by atoms with E-state index in [9.17, 15) is 0 Å². The smallest absolute Gasteiger partial charge is 0.161 e. The highest BCUT2D eigenvalue weighted by molar-refractivity contribution is 5.93. The number of nitrogen functional groups attached to an aromatic ring is 1. The van der Waals surface area contributed by atoms with Crippen LogP contribution in [-0.4, -0.2) is 19.9 Å². The van der Waals surface area contributed by atoms with Gasteiger partial charge in [-0.05, 0) is 35.9 Å². The first-order valence-corrected chi connectivity index (χ1v) is 7.66. The summed E-state index contributed by atoms with van der Waals surface area (Å²) in [6, 6.07) is 13.5. The molecule has 4 rings (SSSR count). The molecular formula is C19H15N5. The number of pyridine rings is 2. The lowest BCUT2D eigenvalue weighted by molar-refractivity contribution is 1.05. The molecule has 0 unspecified atom stereocenters. The van der Waals surface area contributed by atoms with Gasteiger partial charge in [-0.2, -0.15) is 0 Å². The van der Waals surface area contributed by atoms with E-state index in [1.807, 2.05) is 48.7 Å². The number of hydrogen-bond acceptors (Lipinski definition) is 5. The summed E-state index contributed by atoms with van der Waals surface area (Å²) in [4.78, 5) is 17.8. The number of nitrogens with zero attached hydrogens (tertiary/aromatic N) is 4. The van der Waals surface area contributed by atoms with Crippen molar-refractivity contribution in [2.75, 3.05) is 5.73 Å². The molecule has 0 saturated carbocycles. The second-order valence-electron chi connectivity index (χ2n) is 5.52. The molecule has 3 aromatic heterocycles. The second-order valence-corrected chi connectivity index (χ2v) is 5.52. The Hall–Kier alpha value is -3.34. The summed E-state index contributed by atoms with van der Waals surface area (Å²) in [7, 11) is 0. The Labute approximate surface area is 139 Å². The van der Waals surface area contributed by atoms with E-state index in [0.29, 0.717) is 17.9 Å². The van der Waals surface area contributed by atoms with Gasteiger partial charge in [-0.15, -0.1) is 0 Å². The lowest BCUT2D eigenvalue weighted by Gasteiger charge is -2.10. The minimum Gasteiger partial charge on any atom is -0.398 e. The minimum absolute atomic E-state index is 0.647. The van der Waals surface area contributed by atoms with E-state index in [1.165, 1.54) is 0 Å². The van der Waals surface area contributed by atoms with Crippen molar-refractivity contribution in [2.24, 2.45) is 0 Å². The van der Waals surface area contributed by atoms with Crippen molar-refractivity contribution in [3.63, 3.8) is 0 Å². The quantitative estimate of drug-likeness (QED) is 0.587. The van der Waals surface area contributed by atoms with E-state index in [2.05, 4.69) is 15.0 Å². The van der Waals surface area contributed by atoms with E-state index < -0.39 is 0 Å². The predicted octanol–water partition coefficient (Wildman–Crippen LogP) is 3.26. The Kier molecular flexibility index (Phi) is 3.59. The Balaban J connectivity index is 1.92. The summed E-state index contributed by atoms with van der Waals surface area (Å²) in [5.41, 5.74) is 10.6. The average Bonchev–Trinajstić information content (AvgIpc) is 2.63. The minimum atomic E-state index is 0.647. The van der Waals surface area contributed by atoms with Crippen LogP contribution in [0.4, 0.5) is 5.69 Å². The van der Waals surface area contributed by atoms with Crippen LogP contribution < -0.4 is 5.73 Å². The molecule has 0 radical (unpaired) electrons. The number of anilines is 1. The van der Waals surface area contributed by atoms with E-state index in [-0.39, 0.29) is 0 Å². The molecule has 5 heteroatoms. The zero-order valence-electron chi connectivity index (χ0n) is 12.9. The Morgan fingerprint density at radius 1 is 0.833 bits per heavy atom. The normalized spacial score (nSPS) is 10.8. The van der Waals surface area contributed by atoms with Crippen molar-refractivity contribution in [1.29, 1.82) is 0 Å². The van der Waals surface area contributed by atoms with E-state index in [4.69, 9.17) is 10.7 Å². The largest absolute Gasteiger partial charge is 0.398 e. The summed E-state index contributed by atoms with van der Waals surface area (Å²) >= 11 is 0. The SMILES string of the molecule is Nc1cccc2nc(-c3cccnc3)nc(Cc3cccnc3)c12. The third kappa shape index (κ3) is 2.67. The van der Waals surface area contributed by atoms with Crippen LogP contribution in [0.1, 0.15) is 11.3 Å². The first-order valence-electron chi connectivity index (χ1n) is 7.66. The van der Waals surface area contributed by atoms with E-state index in [1.54, 1.807) is 18.6 Å². The predicted molar refractivity (Wildman–Crippen MR) is 94.2 cm³/mol. The van der Waals surface area contributed by atoms with Crippen LogP contribution in [0.2, 0.25) is 0 Å². The maximum Gasteiger partial charge on any atom is 0.161 e. The molecule has 0 aliphatic rings. The topological polar surface area (TPSA) is 77.6 Å². The van der Waals surface area contributed by atoms with E-state index in [0.717, 1.165) is 27.7 Å². The number of benzene rings is 1. The van der Waals surface area contributed by atoms with Gasteiger partial charge in [0.25, 0.3) is 0 Å². The maximum absolute atomic E-state index is 6.19. The fraction of sp³-hybridized carbons (Fsp3) is 0.0526. The first kappa shape index (κ1) is 14.3. The standard InChI is InChI=1S/C19H15N5/c20-15-6-1-7-16-18(15)17(10-13-4-2-8-21-11-13)24-19(23-16)14-5-3-9-22-12-14/h1-9,11-12H,10,20H2. The molecule has 0 bridgehead atoms. The molecule has 0 fully saturated rings. The third-order valence-electron chi connectivity index (χ3n) is 3.84. The second kappa shape index (κ2) is 6.04. The van der Waals surface area contributed by atoms with Gasteiger partial charge in [0.1, 0.15) is 0 Å². The van der Waals surface area contributed by atoms with Crippen LogP contribution in [0.15, 0.2) is 67.3 Å². The van der Waals surface area contributed by atoms with Crippen LogP contribution in [0.3, 0.4) is 0 Å². The molecule has 5 nitrogen and oxygen atoms in total. The summed E-state index contributed by atoms with van der Waals surface area (Å²) in [5, 5.41) is 0.897. The highest BCUT2D eigenvalue weighted by atomic mass is 14.9. The van der Waals surface area contributed by atoms with Crippen molar-refractivity contribution in [2.45, 2.75) is 6.42 Å². The van der Waals surface area contributed by atoms with Crippen molar-refractivity contribution in [1.82, 2.24) is 19.9 Å². The monoisotopic (exact) mass is 313 g/mol. The molecule has 0 amide bonds. The van der Waals surface area contributed by atoms with Crippen LogP contribution in [0.25, 0.3) is 22.3 Å². The zero-order valence-corrected chi connectivity index (χ0v) is 12.9. The average molecular weight is 313 g/mol. The van der Waals surface area contributed by atoms with Gasteiger partial charge in [-0.3, -0.25) is 9.97 Å².